The Morgan fingerprint density at radius 2 is 1.77 bits per heavy atom. The third-order valence-electron chi connectivity index (χ3n) is 5.74. The SMILES string of the molecule is CCN1CCN(c2ccc(F)cc2C(C)NC(=O)CN(C)C(=O)c2ccccc2)CC1. The molecule has 1 atom stereocenters. The molecule has 0 bridgehead atoms. The first kappa shape index (κ1) is 22.7. The van der Waals surface area contributed by atoms with Crippen LogP contribution in [0.1, 0.15) is 35.8 Å². The van der Waals surface area contributed by atoms with Crippen molar-refractivity contribution in [3.63, 3.8) is 0 Å². The summed E-state index contributed by atoms with van der Waals surface area (Å²) in [5.74, 6) is -0.836. The molecule has 2 aromatic carbocycles. The molecule has 1 saturated heterocycles. The van der Waals surface area contributed by atoms with Crippen molar-refractivity contribution in [3.05, 3.63) is 65.5 Å². The van der Waals surface area contributed by atoms with E-state index in [1.165, 1.54) is 17.0 Å². The van der Waals surface area contributed by atoms with Gasteiger partial charge in [0.1, 0.15) is 5.82 Å². The lowest BCUT2D eigenvalue weighted by molar-refractivity contribution is -0.122. The van der Waals surface area contributed by atoms with Gasteiger partial charge >= 0.3 is 0 Å². The summed E-state index contributed by atoms with van der Waals surface area (Å²) >= 11 is 0. The van der Waals surface area contributed by atoms with Gasteiger partial charge in [-0.25, -0.2) is 4.39 Å². The van der Waals surface area contributed by atoms with Gasteiger partial charge in [-0.05, 0) is 43.8 Å². The van der Waals surface area contributed by atoms with Crippen molar-refractivity contribution < 1.29 is 14.0 Å². The smallest absolute Gasteiger partial charge is 0.254 e. The number of anilines is 1. The van der Waals surface area contributed by atoms with Gasteiger partial charge in [-0.1, -0.05) is 25.1 Å². The van der Waals surface area contributed by atoms with Gasteiger partial charge in [-0.2, -0.15) is 0 Å². The van der Waals surface area contributed by atoms with E-state index < -0.39 is 0 Å². The van der Waals surface area contributed by atoms with Gasteiger partial charge in [0.05, 0.1) is 12.6 Å². The Bertz CT molecular complexity index is 898. The lowest BCUT2D eigenvalue weighted by Gasteiger charge is -2.37. The van der Waals surface area contributed by atoms with E-state index >= 15 is 0 Å². The highest BCUT2D eigenvalue weighted by atomic mass is 19.1. The minimum atomic E-state index is -0.386. The van der Waals surface area contributed by atoms with Crippen molar-refractivity contribution in [2.45, 2.75) is 19.9 Å². The summed E-state index contributed by atoms with van der Waals surface area (Å²) in [5.41, 5.74) is 2.22. The van der Waals surface area contributed by atoms with Crippen LogP contribution in [0.2, 0.25) is 0 Å². The fourth-order valence-corrected chi connectivity index (χ4v) is 3.92. The van der Waals surface area contributed by atoms with E-state index in [0.717, 1.165) is 44.0 Å². The standard InChI is InChI=1S/C24H31FN4O2/c1-4-28-12-14-29(15-13-28)22-11-10-20(25)16-21(22)18(2)26-23(30)17-27(3)24(31)19-8-6-5-7-9-19/h5-11,16,18H,4,12-15,17H2,1-3H3,(H,26,30). The summed E-state index contributed by atoms with van der Waals surface area (Å²) in [6, 6.07) is 13.2. The molecule has 1 heterocycles. The second kappa shape index (κ2) is 10.4. The second-order valence-corrected chi connectivity index (χ2v) is 7.94. The first-order chi connectivity index (χ1) is 14.9. The monoisotopic (exact) mass is 426 g/mol. The minimum Gasteiger partial charge on any atom is -0.369 e. The van der Waals surface area contributed by atoms with Gasteiger partial charge in [-0.15, -0.1) is 0 Å². The molecule has 0 aromatic heterocycles. The Balaban J connectivity index is 1.65. The topological polar surface area (TPSA) is 55.9 Å². The highest BCUT2D eigenvalue weighted by molar-refractivity contribution is 5.96. The lowest BCUT2D eigenvalue weighted by atomic mass is 10.0. The number of hydrogen-bond donors (Lipinski definition) is 1. The number of rotatable bonds is 7. The van der Waals surface area contributed by atoms with Crippen LogP contribution >= 0.6 is 0 Å². The van der Waals surface area contributed by atoms with E-state index in [2.05, 4.69) is 22.0 Å². The molecule has 2 amide bonds. The van der Waals surface area contributed by atoms with Gasteiger partial charge in [0, 0.05) is 50.0 Å². The van der Waals surface area contributed by atoms with E-state index in [-0.39, 0.29) is 30.2 Å². The molecular formula is C24H31FN4O2. The zero-order valence-corrected chi connectivity index (χ0v) is 18.5. The van der Waals surface area contributed by atoms with Crippen molar-refractivity contribution in [1.29, 1.82) is 0 Å². The Labute approximate surface area is 183 Å². The zero-order chi connectivity index (χ0) is 22.4. The number of piperazine rings is 1. The van der Waals surface area contributed by atoms with Gasteiger partial charge < -0.3 is 20.0 Å². The Hall–Kier alpha value is -2.93. The summed E-state index contributed by atoms with van der Waals surface area (Å²) in [6.07, 6.45) is 0. The molecule has 2 aromatic rings. The number of carbonyl (C=O) groups excluding carboxylic acids is 2. The van der Waals surface area contributed by atoms with Crippen LogP contribution in [-0.2, 0) is 4.79 Å². The number of hydrogen-bond acceptors (Lipinski definition) is 4. The average Bonchev–Trinajstić information content (AvgIpc) is 2.79. The van der Waals surface area contributed by atoms with Crippen molar-refractivity contribution in [2.24, 2.45) is 0 Å². The van der Waals surface area contributed by atoms with Crippen LogP contribution in [0, 0.1) is 5.82 Å². The fraction of sp³-hybridized carbons (Fsp3) is 0.417. The van der Waals surface area contributed by atoms with Gasteiger partial charge in [0.2, 0.25) is 5.91 Å². The van der Waals surface area contributed by atoms with Crippen LogP contribution in [0.4, 0.5) is 10.1 Å². The average molecular weight is 427 g/mol. The van der Waals surface area contributed by atoms with Crippen molar-refractivity contribution in [3.8, 4) is 0 Å². The first-order valence-corrected chi connectivity index (χ1v) is 10.8. The zero-order valence-electron chi connectivity index (χ0n) is 18.5. The van der Waals surface area contributed by atoms with Crippen LogP contribution in [0.5, 0.6) is 0 Å². The third kappa shape index (κ3) is 5.82. The van der Waals surface area contributed by atoms with Crippen LogP contribution in [0.3, 0.4) is 0 Å². The molecule has 1 aliphatic rings. The van der Waals surface area contributed by atoms with Gasteiger partial charge in [-0.3, -0.25) is 9.59 Å². The molecule has 0 radical (unpaired) electrons. The maximum Gasteiger partial charge on any atom is 0.254 e. The van der Waals surface area contributed by atoms with E-state index in [9.17, 15) is 14.0 Å². The number of likely N-dealkylation sites (N-methyl/N-ethyl adjacent to an activating group) is 2. The molecule has 3 rings (SSSR count). The summed E-state index contributed by atoms with van der Waals surface area (Å²) in [4.78, 5) is 31.1. The number of halogens is 1. The van der Waals surface area contributed by atoms with Crippen molar-refractivity contribution in [1.82, 2.24) is 15.1 Å². The van der Waals surface area contributed by atoms with Crippen LogP contribution in [0.25, 0.3) is 0 Å². The van der Waals surface area contributed by atoms with E-state index in [4.69, 9.17) is 0 Å². The van der Waals surface area contributed by atoms with E-state index in [1.54, 1.807) is 37.4 Å². The fourth-order valence-electron chi connectivity index (χ4n) is 3.92. The van der Waals surface area contributed by atoms with Crippen LogP contribution in [-0.4, -0.2) is 67.9 Å². The maximum absolute atomic E-state index is 14.0. The second-order valence-electron chi connectivity index (χ2n) is 7.94. The van der Waals surface area contributed by atoms with Gasteiger partial charge in [0.25, 0.3) is 5.91 Å². The molecule has 31 heavy (non-hydrogen) atoms. The summed E-state index contributed by atoms with van der Waals surface area (Å²) in [7, 11) is 1.60. The highest BCUT2D eigenvalue weighted by Gasteiger charge is 2.22. The van der Waals surface area contributed by atoms with E-state index in [0.29, 0.717) is 5.56 Å². The Kier molecular flexibility index (Phi) is 7.63. The lowest BCUT2D eigenvalue weighted by Crippen LogP contribution is -2.46. The highest BCUT2D eigenvalue weighted by Crippen LogP contribution is 2.28. The van der Waals surface area contributed by atoms with Crippen molar-refractivity contribution in [2.75, 3.05) is 51.2 Å². The predicted molar refractivity (Wildman–Crippen MR) is 121 cm³/mol. The Morgan fingerprint density at radius 1 is 1.10 bits per heavy atom. The number of nitrogens with one attached hydrogen (secondary N) is 1. The summed E-state index contributed by atoms with van der Waals surface area (Å²) in [5, 5.41) is 2.92. The van der Waals surface area contributed by atoms with Crippen LogP contribution < -0.4 is 10.2 Å². The van der Waals surface area contributed by atoms with Crippen LogP contribution in [0.15, 0.2) is 48.5 Å². The first-order valence-electron chi connectivity index (χ1n) is 10.8. The number of nitrogens with zero attached hydrogens (tertiary/aromatic N) is 3. The molecule has 0 spiro atoms. The molecule has 1 fully saturated rings. The largest absolute Gasteiger partial charge is 0.369 e. The van der Waals surface area contributed by atoms with E-state index in [1.807, 2.05) is 13.0 Å². The Morgan fingerprint density at radius 3 is 2.42 bits per heavy atom. The normalized spacial score (nSPS) is 15.4. The molecule has 166 valence electrons. The van der Waals surface area contributed by atoms with Crippen molar-refractivity contribution >= 4 is 17.5 Å². The summed E-state index contributed by atoms with van der Waals surface area (Å²) in [6.45, 7) is 8.58. The molecular weight excluding hydrogens is 395 g/mol. The molecule has 6 nitrogen and oxygen atoms in total. The third-order valence-corrected chi connectivity index (χ3v) is 5.74. The molecule has 1 N–H and O–H groups in total. The predicted octanol–water partition coefficient (Wildman–Crippen LogP) is 2.92. The molecule has 0 saturated carbocycles. The molecule has 7 heteroatoms. The number of benzene rings is 2. The number of carbonyl (C=O) groups is 2. The summed E-state index contributed by atoms with van der Waals surface area (Å²) < 4.78 is 14.0. The number of amides is 2. The molecule has 1 aliphatic heterocycles. The maximum atomic E-state index is 14.0. The van der Waals surface area contributed by atoms with Gasteiger partial charge in [0.15, 0.2) is 0 Å². The molecule has 0 aliphatic carbocycles. The minimum absolute atomic E-state index is 0.0715. The quantitative estimate of drug-likeness (QED) is 0.740. The molecule has 1 unspecified atom stereocenters.